The second-order valence-electron chi connectivity index (χ2n) is 5.13. The van der Waals surface area contributed by atoms with E-state index in [4.69, 9.17) is 0 Å². The topological polar surface area (TPSA) is 20.3 Å². The van der Waals surface area contributed by atoms with Crippen molar-refractivity contribution in [2.45, 2.75) is 32.2 Å². The van der Waals surface area contributed by atoms with E-state index in [9.17, 15) is 4.79 Å². The molecule has 0 spiro atoms. The molecule has 1 aliphatic rings. The molecular formula is C15H16BrNOS2. The number of nitrogens with zero attached hydrogens (tertiary/aromatic N) is 1. The minimum atomic E-state index is 0.147. The molecule has 1 aliphatic carbocycles. The molecular weight excluding hydrogens is 354 g/mol. The molecule has 106 valence electrons. The summed E-state index contributed by atoms with van der Waals surface area (Å²) in [6.45, 7) is 0.678. The number of fused-ring (bicyclic) bond motifs is 1. The van der Waals surface area contributed by atoms with Crippen LogP contribution in [0.1, 0.15) is 37.8 Å². The van der Waals surface area contributed by atoms with Crippen LogP contribution in [0.15, 0.2) is 22.0 Å². The second kappa shape index (κ2) is 6.00. The molecule has 1 amide bonds. The Balaban J connectivity index is 1.73. The lowest BCUT2D eigenvalue weighted by molar-refractivity contribution is 0.0791. The lowest BCUT2D eigenvalue weighted by atomic mass is 9.99. The SMILES string of the molecule is CN(Cc1ccc(Br)s1)C(=O)c1cc2c(s1)CCCC2. The number of carbonyl (C=O) groups is 1. The van der Waals surface area contributed by atoms with Crippen molar-refractivity contribution in [3.05, 3.63) is 42.2 Å². The summed E-state index contributed by atoms with van der Waals surface area (Å²) in [7, 11) is 1.88. The summed E-state index contributed by atoms with van der Waals surface area (Å²) in [5, 5.41) is 0. The van der Waals surface area contributed by atoms with Crippen LogP contribution in [-0.4, -0.2) is 17.9 Å². The molecule has 0 bridgehead atoms. The van der Waals surface area contributed by atoms with Gasteiger partial charge in [-0.3, -0.25) is 4.79 Å². The molecule has 5 heteroatoms. The van der Waals surface area contributed by atoms with Gasteiger partial charge >= 0.3 is 0 Å². The fourth-order valence-corrected chi connectivity index (χ4v) is 5.31. The van der Waals surface area contributed by atoms with Gasteiger partial charge in [-0.2, -0.15) is 0 Å². The second-order valence-corrected chi connectivity index (χ2v) is 8.82. The van der Waals surface area contributed by atoms with Crippen molar-refractivity contribution in [2.75, 3.05) is 7.05 Å². The van der Waals surface area contributed by atoms with E-state index in [1.54, 1.807) is 22.7 Å². The van der Waals surface area contributed by atoms with Gasteiger partial charge in [-0.15, -0.1) is 22.7 Å². The molecule has 2 heterocycles. The highest BCUT2D eigenvalue weighted by molar-refractivity contribution is 9.11. The summed E-state index contributed by atoms with van der Waals surface area (Å²) in [5.41, 5.74) is 1.40. The van der Waals surface area contributed by atoms with Crippen molar-refractivity contribution in [2.24, 2.45) is 0 Å². The van der Waals surface area contributed by atoms with E-state index in [1.165, 1.54) is 28.2 Å². The Morgan fingerprint density at radius 1 is 1.30 bits per heavy atom. The molecule has 0 saturated carbocycles. The van der Waals surface area contributed by atoms with Gasteiger partial charge in [-0.05, 0) is 65.4 Å². The fraction of sp³-hybridized carbons (Fsp3) is 0.400. The van der Waals surface area contributed by atoms with Gasteiger partial charge in [0.05, 0.1) is 15.2 Å². The Bertz CT molecular complexity index is 608. The van der Waals surface area contributed by atoms with Crippen LogP contribution >= 0.6 is 38.6 Å². The van der Waals surface area contributed by atoms with E-state index in [1.807, 2.05) is 18.0 Å². The number of amides is 1. The number of halogens is 1. The Labute approximate surface area is 135 Å². The molecule has 0 saturated heterocycles. The van der Waals surface area contributed by atoms with E-state index in [2.05, 4.69) is 28.1 Å². The van der Waals surface area contributed by atoms with E-state index in [0.29, 0.717) is 6.54 Å². The van der Waals surface area contributed by atoms with Crippen LogP contribution < -0.4 is 0 Å². The molecule has 0 aliphatic heterocycles. The van der Waals surface area contributed by atoms with Crippen molar-refractivity contribution in [3.8, 4) is 0 Å². The minimum absolute atomic E-state index is 0.147. The van der Waals surface area contributed by atoms with E-state index in [-0.39, 0.29) is 5.91 Å². The van der Waals surface area contributed by atoms with Gasteiger partial charge in [0.2, 0.25) is 0 Å². The monoisotopic (exact) mass is 369 g/mol. The summed E-state index contributed by atoms with van der Waals surface area (Å²) < 4.78 is 1.11. The Kier molecular flexibility index (Phi) is 4.29. The summed E-state index contributed by atoms with van der Waals surface area (Å²) in [6.07, 6.45) is 4.81. The van der Waals surface area contributed by atoms with Crippen molar-refractivity contribution >= 4 is 44.5 Å². The van der Waals surface area contributed by atoms with Gasteiger partial charge in [-0.1, -0.05) is 0 Å². The van der Waals surface area contributed by atoms with Crippen LogP contribution in [-0.2, 0) is 19.4 Å². The van der Waals surface area contributed by atoms with Crippen LogP contribution in [0, 0.1) is 0 Å². The number of carbonyl (C=O) groups excluding carboxylic acids is 1. The Morgan fingerprint density at radius 2 is 2.10 bits per heavy atom. The van der Waals surface area contributed by atoms with Gasteiger partial charge in [0, 0.05) is 16.8 Å². The zero-order valence-electron chi connectivity index (χ0n) is 11.3. The average molecular weight is 370 g/mol. The maximum atomic E-state index is 12.5. The lowest BCUT2D eigenvalue weighted by Crippen LogP contribution is -2.24. The summed E-state index contributed by atoms with van der Waals surface area (Å²) >= 11 is 6.83. The van der Waals surface area contributed by atoms with Crippen LogP contribution in [0.5, 0.6) is 0 Å². The number of thiophene rings is 2. The van der Waals surface area contributed by atoms with E-state index < -0.39 is 0 Å². The van der Waals surface area contributed by atoms with Gasteiger partial charge in [-0.25, -0.2) is 0 Å². The van der Waals surface area contributed by atoms with E-state index in [0.717, 1.165) is 21.5 Å². The molecule has 3 rings (SSSR count). The van der Waals surface area contributed by atoms with Gasteiger partial charge in [0.15, 0.2) is 0 Å². The fourth-order valence-electron chi connectivity index (χ4n) is 2.53. The summed E-state index contributed by atoms with van der Waals surface area (Å²) in [4.78, 5) is 17.8. The van der Waals surface area contributed by atoms with Crippen molar-refractivity contribution in [1.82, 2.24) is 4.90 Å². The maximum absolute atomic E-state index is 12.5. The summed E-state index contributed by atoms with van der Waals surface area (Å²) in [5.74, 6) is 0.147. The molecule has 0 unspecified atom stereocenters. The first-order valence-electron chi connectivity index (χ1n) is 6.75. The largest absolute Gasteiger partial charge is 0.336 e. The zero-order valence-corrected chi connectivity index (χ0v) is 14.5. The summed E-state index contributed by atoms with van der Waals surface area (Å²) in [6, 6.07) is 6.21. The molecule has 2 aromatic rings. The molecule has 0 atom stereocenters. The highest BCUT2D eigenvalue weighted by Gasteiger charge is 2.20. The zero-order chi connectivity index (χ0) is 14.1. The normalized spacial score (nSPS) is 14.1. The van der Waals surface area contributed by atoms with Gasteiger partial charge < -0.3 is 4.90 Å². The van der Waals surface area contributed by atoms with Crippen LogP contribution in [0.25, 0.3) is 0 Å². The standard InChI is InChI=1S/C15H16BrNOS2/c1-17(9-11-6-7-14(16)19-11)15(18)13-8-10-4-2-3-5-12(10)20-13/h6-8H,2-5,9H2,1H3. The molecule has 0 aromatic carbocycles. The first kappa shape index (κ1) is 14.3. The van der Waals surface area contributed by atoms with Crippen molar-refractivity contribution < 1.29 is 4.79 Å². The minimum Gasteiger partial charge on any atom is -0.336 e. The maximum Gasteiger partial charge on any atom is 0.264 e. The lowest BCUT2D eigenvalue weighted by Gasteiger charge is -2.14. The molecule has 2 nitrogen and oxygen atoms in total. The van der Waals surface area contributed by atoms with Crippen molar-refractivity contribution in [1.29, 1.82) is 0 Å². The number of hydrogen-bond acceptors (Lipinski definition) is 3. The third-order valence-electron chi connectivity index (χ3n) is 3.58. The number of aryl methyl sites for hydroxylation is 2. The van der Waals surface area contributed by atoms with Gasteiger partial charge in [0.25, 0.3) is 5.91 Å². The average Bonchev–Trinajstić information content (AvgIpc) is 3.03. The van der Waals surface area contributed by atoms with Crippen LogP contribution in [0.3, 0.4) is 0 Å². The van der Waals surface area contributed by atoms with Crippen LogP contribution in [0.4, 0.5) is 0 Å². The molecule has 2 aromatic heterocycles. The first-order valence-corrected chi connectivity index (χ1v) is 9.17. The van der Waals surface area contributed by atoms with Crippen LogP contribution in [0.2, 0.25) is 0 Å². The first-order chi connectivity index (χ1) is 9.63. The highest BCUT2D eigenvalue weighted by atomic mass is 79.9. The smallest absolute Gasteiger partial charge is 0.264 e. The molecule has 0 fully saturated rings. The highest BCUT2D eigenvalue weighted by Crippen LogP contribution is 2.30. The Hall–Kier alpha value is -0.650. The molecule has 0 N–H and O–H groups in total. The number of hydrogen-bond donors (Lipinski definition) is 0. The quantitative estimate of drug-likeness (QED) is 0.765. The van der Waals surface area contributed by atoms with E-state index >= 15 is 0 Å². The van der Waals surface area contributed by atoms with Crippen molar-refractivity contribution in [3.63, 3.8) is 0 Å². The predicted molar refractivity (Wildman–Crippen MR) is 88.8 cm³/mol. The molecule has 20 heavy (non-hydrogen) atoms. The third-order valence-corrected chi connectivity index (χ3v) is 6.41. The third kappa shape index (κ3) is 3.00. The Morgan fingerprint density at radius 3 is 2.80 bits per heavy atom. The molecule has 0 radical (unpaired) electrons. The number of rotatable bonds is 3. The predicted octanol–water partition coefficient (Wildman–Crippen LogP) is 4.72. The van der Waals surface area contributed by atoms with Gasteiger partial charge in [0.1, 0.15) is 0 Å².